The Labute approximate surface area is 104 Å². The highest BCUT2D eigenvalue weighted by Gasteiger charge is 2.29. The zero-order valence-electron chi connectivity index (χ0n) is 10.2. The quantitative estimate of drug-likeness (QED) is 0.737. The number of nitrogens with one attached hydrogen (secondary N) is 1. The first kappa shape index (κ1) is 12.1. The molecule has 2 rings (SSSR count). The number of hydrogen-bond acceptors (Lipinski definition) is 2. The average molecular weight is 241 g/mol. The molecule has 2 aliphatic rings. The molecule has 0 bridgehead atoms. The molecule has 92 valence electrons. The van der Waals surface area contributed by atoms with Crippen LogP contribution >= 0.6 is 12.2 Å². The van der Waals surface area contributed by atoms with Crippen molar-refractivity contribution >= 4 is 17.3 Å². The Morgan fingerprint density at radius 2 is 2.12 bits per heavy atom. The molecule has 1 N–H and O–H groups in total. The molecule has 16 heavy (non-hydrogen) atoms. The number of fused-ring (bicyclic) bond motifs is 1. The Morgan fingerprint density at radius 3 is 2.94 bits per heavy atom. The van der Waals surface area contributed by atoms with Crippen LogP contribution in [-0.2, 0) is 0 Å². The summed E-state index contributed by atoms with van der Waals surface area (Å²) in [7, 11) is 0. The van der Waals surface area contributed by atoms with Crippen LogP contribution in [0.3, 0.4) is 0 Å². The number of hydrogen-bond donors (Lipinski definition) is 1. The monoisotopic (exact) mass is 241 g/mol. The van der Waals surface area contributed by atoms with Gasteiger partial charge >= 0.3 is 0 Å². The molecular weight excluding hydrogens is 218 g/mol. The Morgan fingerprint density at radius 1 is 1.31 bits per heavy atom. The molecule has 0 amide bonds. The van der Waals surface area contributed by atoms with E-state index >= 15 is 0 Å². The topological polar surface area (TPSA) is 18.5 Å². The largest absolute Gasteiger partial charge is 0.363 e. The van der Waals surface area contributed by atoms with E-state index in [1.54, 1.807) is 0 Å². The van der Waals surface area contributed by atoms with Crippen molar-refractivity contribution in [2.75, 3.05) is 32.7 Å². The maximum Gasteiger partial charge on any atom is 0.168 e. The molecule has 1 atom stereocenters. The fourth-order valence-electron chi connectivity index (χ4n) is 2.73. The second-order valence-corrected chi connectivity index (χ2v) is 5.25. The smallest absolute Gasteiger partial charge is 0.168 e. The van der Waals surface area contributed by atoms with Crippen molar-refractivity contribution in [2.45, 2.75) is 38.6 Å². The first-order valence-corrected chi connectivity index (χ1v) is 6.99. The Bertz CT molecular complexity index is 244. The standard InChI is InChI=1S/C12H23N3S/c1-2-6-13-12(16)15-9-4-8-14-7-3-5-11(14)10-15/h11H,2-10H2,1H3,(H,13,16). The van der Waals surface area contributed by atoms with Gasteiger partial charge in [-0.1, -0.05) is 6.92 Å². The van der Waals surface area contributed by atoms with Crippen molar-refractivity contribution in [3.63, 3.8) is 0 Å². The summed E-state index contributed by atoms with van der Waals surface area (Å²) < 4.78 is 0. The van der Waals surface area contributed by atoms with E-state index in [1.807, 2.05) is 0 Å². The number of rotatable bonds is 2. The highest BCUT2D eigenvalue weighted by Crippen LogP contribution is 2.21. The third-order valence-electron chi connectivity index (χ3n) is 3.62. The van der Waals surface area contributed by atoms with Crippen LogP contribution in [0.1, 0.15) is 32.6 Å². The lowest BCUT2D eigenvalue weighted by Gasteiger charge is -2.27. The van der Waals surface area contributed by atoms with Crippen molar-refractivity contribution in [3.05, 3.63) is 0 Å². The fourth-order valence-corrected chi connectivity index (χ4v) is 3.00. The first-order valence-electron chi connectivity index (χ1n) is 6.58. The predicted octanol–water partition coefficient (Wildman–Crippen LogP) is 1.44. The molecule has 0 aromatic heterocycles. The predicted molar refractivity (Wildman–Crippen MR) is 71.7 cm³/mol. The van der Waals surface area contributed by atoms with E-state index in [-0.39, 0.29) is 0 Å². The summed E-state index contributed by atoms with van der Waals surface area (Å²) in [6, 6.07) is 0.754. The zero-order valence-corrected chi connectivity index (χ0v) is 11.1. The van der Waals surface area contributed by atoms with E-state index in [1.165, 1.54) is 32.4 Å². The van der Waals surface area contributed by atoms with Gasteiger partial charge in [0.15, 0.2) is 5.11 Å². The molecule has 0 aromatic carbocycles. The molecule has 2 fully saturated rings. The van der Waals surface area contributed by atoms with E-state index < -0.39 is 0 Å². The van der Waals surface area contributed by atoms with Crippen LogP contribution in [0.4, 0.5) is 0 Å². The fraction of sp³-hybridized carbons (Fsp3) is 0.917. The summed E-state index contributed by atoms with van der Waals surface area (Å²) in [5.74, 6) is 0. The molecule has 3 nitrogen and oxygen atoms in total. The summed E-state index contributed by atoms with van der Waals surface area (Å²) in [4.78, 5) is 5.02. The normalized spacial score (nSPS) is 26.3. The first-order chi connectivity index (χ1) is 7.81. The summed E-state index contributed by atoms with van der Waals surface area (Å²) in [5, 5.41) is 4.32. The molecular formula is C12H23N3S. The van der Waals surface area contributed by atoms with Crippen LogP contribution in [0.15, 0.2) is 0 Å². The Kier molecular flexibility index (Phi) is 4.41. The van der Waals surface area contributed by atoms with E-state index in [0.717, 1.165) is 37.2 Å². The van der Waals surface area contributed by atoms with Crippen LogP contribution in [0.25, 0.3) is 0 Å². The van der Waals surface area contributed by atoms with Crippen LogP contribution < -0.4 is 5.32 Å². The maximum absolute atomic E-state index is 5.46. The summed E-state index contributed by atoms with van der Waals surface area (Å²) in [6.45, 7) is 8.00. The minimum Gasteiger partial charge on any atom is -0.363 e. The van der Waals surface area contributed by atoms with Gasteiger partial charge in [-0.15, -0.1) is 0 Å². The van der Waals surface area contributed by atoms with Gasteiger partial charge in [0.05, 0.1) is 0 Å². The van der Waals surface area contributed by atoms with Gasteiger partial charge in [-0.2, -0.15) is 0 Å². The van der Waals surface area contributed by atoms with Gasteiger partial charge in [-0.3, -0.25) is 4.90 Å². The van der Waals surface area contributed by atoms with E-state index in [0.29, 0.717) is 0 Å². The molecule has 0 aromatic rings. The molecule has 1 unspecified atom stereocenters. The lowest BCUT2D eigenvalue weighted by molar-refractivity contribution is 0.255. The second kappa shape index (κ2) is 5.82. The lowest BCUT2D eigenvalue weighted by Crippen LogP contribution is -2.44. The van der Waals surface area contributed by atoms with Crippen molar-refractivity contribution in [1.29, 1.82) is 0 Å². The second-order valence-electron chi connectivity index (χ2n) is 4.86. The number of nitrogens with zero attached hydrogens (tertiary/aromatic N) is 2. The van der Waals surface area contributed by atoms with Crippen molar-refractivity contribution < 1.29 is 0 Å². The summed E-state index contributed by atoms with van der Waals surface area (Å²) >= 11 is 5.46. The third-order valence-corrected chi connectivity index (χ3v) is 4.02. The Balaban J connectivity index is 1.87. The van der Waals surface area contributed by atoms with Gasteiger partial charge in [0.1, 0.15) is 0 Å². The highest BCUT2D eigenvalue weighted by atomic mass is 32.1. The summed E-state index contributed by atoms with van der Waals surface area (Å²) in [5.41, 5.74) is 0. The van der Waals surface area contributed by atoms with Crippen molar-refractivity contribution in [2.24, 2.45) is 0 Å². The van der Waals surface area contributed by atoms with Gasteiger partial charge in [-0.05, 0) is 44.4 Å². The molecule has 2 saturated heterocycles. The molecule has 0 radical (unpaired) electrons. The van der Waals surface area contributed by atoms with Crippen LogP contribution in [0.2, 0.25) is 0 Å². The molecule has 0 saturated carbocycles. The summed E-state index contributed by atoms with van der Waals surface area (Å²) in [6.07, 6.45) is 5.12. The van der Waals surface area contributed by atoms with Crippen LogP contribution in [0, 0.1) is 0 Å². The van der Waals surface area contributed by atoms with Crippen molar-refractivity contribution in [1.82, 2.24) is 15.1 Å². The minimum atomic E-state index is 0.754. The molecule has 0 aliphatic carbocycles. The van der Waals surface area contributed by atoms with E-state index in [9.17, 15) is 0 Å². The van der Waals surface area contributed by atoms with Crippen LogP contribution in [-0.4, -0.2) is 53.7 Å². The minimum absolute atomic E-state index is 0.754. The highest BCUT2D eigenvalue weighted by molar-refractivity contribution is 7.80. The maximum atomic E-state index is 5.46. The zero-order chi connectivity index (χ0) is 11.4. The third kappa shape index (κ3) is 2.86. The van der Waals surface area contributed by atoms with Gasteiger partial charge in [0, 0.05) is 32.2 Å². The molecule has 4 heteroatoms. The van der Waals surface area contributed by atoms with Gasteiger partial charge < -0.3 is 10.2 Å². The number of thiocarbonyl (C=S) groups is 1. The SMILES string of the molecule is CCCNC(=S)N1CCCN2CCCC2C1. The molecule has 0 spiro atoms. The van der Waals surface area contributed by atoms with E-state index in [4.69, 9.17) is 12.2 Å². The average Bonchev–Trinajstić information content (AvgIpc) is 2.63. The molecule has 2 heterocycles. The van der Waals surface area contributed by atoms with Gasteiger partial charge in [-0.25, -0.2) is 0 Å². The molecule has 2 aliphatic heterocycles. The van der Waals surface area contributed by atoms with Crippen LogP contribution in [0.5, 0.6) is 0 Å². The Hall–Kier alpha value is -0.350. The lowest BCUT2D eigenvalue weighted by atomic mass is 10.2. The van der Waals surface area contributed by atoms with Gasteiger partial charge in [0.25, 0.3) is 0 Å². The van der Waals surface area contributed by atoms with Crippen molar-refractivity contribution in [3.8, 4) is 0 Å². The van der Waals surface area contributed by atoms with Gasteiger partial charge in [0.2, 0.25) is 0 Å². The van der Waals surface area contributed by atoms with E-state index in [2.05, 4.69) is 22.0 Å².